The third-order valence-electron chi connectivity index (χ3n) is 6.40. The summed E-state index contributed by atoms with van der Waals surface area (Å²) in [5, 5.41) is 8.66. The van der Waals surface area contributed by atoms with Gasteiger partial charge in [0.1, 0.15) is 5.82 Å². The van der Waals surface area contributed by atoms with E-state index in [9.17, 15) is 9.59 Å². The SMILES string of the molecule is CCCn1c(=O)n(CCC(=O)N2CCC[C@H](c3nnc4ccccn34)C2)c2ccccc21. The number of para-hydroxylation sites is 2. The number of aromatic nitrogens is 5. The second kappa shape index (κ2) is 8.61. The van der Waals surface area contributed by atoms with Crippen LogP contribution >= 0.6 is 0 Å². The largest absolute Gasteiger partial charge is 0.342 e. The fourth-order valence-corrected chi connectivity index (χ4v) is 4.85. The number of hydrogen-bond acceptors (Lipinski definition) is 4. The lowest BCUT2D eigenvalue weighted by Gasteiger charge is -2.32. The van der Waals surface area contributed by atoms with Crippen LogP contribution in [0, 0.1) is 0 Å². The van der Waals surface area contributed by atoms with Crippen LogP contribution < -0.4 is 5.69 Å². The number of rotatable bonds is 6. The van der Waals surface area contributed by atoms with Gasteiger partial charge in [-0.3, -0.25) is 18.3 Å². The Hall–Kier alpha value is -3.42. The molecule has 1 atom stereocenters. The van der Waals surface area contributed by atoms with Crippen LogP contribution in [0.1, 0.15) is 44.3 Å². The zero-order valence-corrected chi connectivity index (χ0v) is 18.4. The number of amides is 1. The first-order valence-corrected chi connectivity index (χ1v) is 11.4. The molecule has 4 aromatic rings. The smallest absolute Gasteiger partial charge is 0.329 e. The zero-order chi connectivity index (χ0) is 22.1. The van der Waals surface area contributed by atoms with E-state index in [2.05, 4.69) is 17.1 Å². The molecule has 1 amide bonds. The first kappa shape index (κ1) is 20.5. The Balaban J connectivity index is 1.32. The van der Waals surface area contributed by atoms with E-state index in [1.165, 1.54) is 0 Å². The summed E-state index contributed by atoms with van der Waals surface area (Å²) in [7, 11) is 0. The summed E-state index contributed by atoms with van der Waals surface area (Å²) in [5.74, 6) is 1.17. The molecule has 8 nitrogen and oxygen atoms in total. The highest BCUT2D eigenvalue weighted by atomic mass is 16.2. The lowest BCUT2D eigenvalue weighted by molar-refractivity contribution is -0.132. The van der Waals surface area contributed by atoms with Crippen LogP contribution in [0.3, 0.4) is 0 Å². The van der Waals surface area contributed by atoms with Crippen molar-refractivity contribution in [1.29, 1.82) is 0 Å². The number of fused-ring (bicyclic) bond motifs is 2. The van der Waals surface area contributed by atoms with Gasteiger partial charge in [-0.1, -0.05) is 25.1 Å². The average Bonchev–Trinajstić information content (AvgIpc) is 3.37. The fourth-order valence-electron chi connectivity index (χ4n) is 4.85. The third kappa shape index (κ3) is 3.59. The first-order chi connectivity index (χ1) is 15.7. The van der Waals surface area contributed by atoms with Gasteiger partial charge in [-0.05, 0) is 43.5 Å². The average molecular weight is 433 g/mol. The number of benzene rings is 1. The van der Waals surface area contributed by atoms with Gasteiger partial charge < -0.3 is 4.90 Å². The van der Waals surface area contributed by atoms with Crippen molar-refractivity contribution >= 4 is 22.6 Å². The summed E-state index contributed by atoms with van der Waals surface area (Å²) in [6.07, 6.45) is 5.11. The Bertz CT molecular complexity index is 1320. The topological polar surface area (TPSA) is 77.4 Å². The van der Waals surface area contributed by atoms with E-state index in [1.807, 2.05) is 62.5 Å². The van der Waals surface area contributed by atoms with Crippen LogP contribution in [0.2, 0.25) is 0 Å². The van der Waals surface area contributed by atoms with Crippen LogP contribution in [-0.4, -0.2) is 47.6 Å². The highest BCUT2D eigenvalue weighted by Crippen LogP contribution is 2.26. The summed E-state index contributed by atoms with van der Waals surface area (Å²) in [6, 6.07) is 13.7. The van der Waals surface area contributed by atoms with E-state index in [0.717, 1.165) is 48.3 Å². The molecule has 0 radical (unpaired) electrons. The predicted molar refractivity (Wildman–Crippen MR) is 123 cm³/mol. The summed E-state index contributed by atoms with van der Waals surface area (Å²) in [5.41, 5.74) is 2.62. The number of imidazole rings is 1. The molecule has 0 N–H and O–H groups in total. The quantitative estimate of drug-likeness (QED) is 0.469. The molecule has 1 aromatic carbocycles. The molecule has 1 aliphatic heterocycles. The molecule has 5 rings (SSSR count). The van der Waals surface area contributed by atoms with Crippen molar-refractivity contribution in [3.8, 4) is 0 Å². The van der Waals surface area contributed by atoms with Gasteiger partial charge in [-0.2, -0.15) is 0 Å². The maximum atomic E-state index is 13.1. The van der Waals surface area contributed by atoms with Crippen molar-refractivity contribution < 1.29 is 4.79 Å². The highest BCUT2D eigenvalue weighted by molar-refractivity contribution is 5.78. The van der Waals surface area contributed by atoms with Gasteiger partial charge in [0.05, 0.1) is 11.0 Å². The van der Waals surface area contributed by atoms with Crippen molar-refractivity contribution in [1.82, 2.24) is 28.6 Å². The number of likely N-dealkylation sites (tertiary alicyclic amines) is 1. The number of pyridine rings is 1. The summed E-state index contributed by atoms with van der Waals surface area (Å²) < 4.78 is 5.57. The third-order valence-corrected chi connectivity index (χ3v) is 6.40. The highest BCUT2D eigenvalue weighted by Gasteiger charge is 2.28. The number of carbonyl (C=O) groups is 1. The van der Waals surface area contributed by atoms with Crippen LogP contribution in [0.15, 0.2) is 53.5 Å². The van der Waals surface area contributed by atoms with Gasteiger partial charge in [-0.15, -0.1) is 10.2 Å². The lowest BCUT2D eigenvalue weighted by Crippen LogP contribution is -2.40. The molecule has 0 aliphatic carbocycles. The van der Waals surface area contributed by atoms with Crippen molar-refractivity contribution in [3.63, 3.8) is 0 Å². The predicted octanol–water partition coefficient (Wildman–Crippen LogP) is 3.05. The van der Waals surface area contributed by atoms with Crippen LogP contribution in [0.25, 0.3) is 16.7 Å². The standard InChI is InChI=1S/C24H28N6O2/c1-2-13-28-19-9-3-4-10-20(19)29(24(28)32)16-12-22(31)27-14-7-8-18(17-27)23-26-25-21-11-5-6-15-30(21)23/h3-6,9-11,15,18H,2,7-8,12-14,16-17H2,1H3/t18-/m0/s1. The Morgan fingerprint density at radius 2 is 1.78 bits per heavy atom. The summed E-state index contributed by atoms with van der Waals surface area (Å²) in [4.78, 5) is 28.0. The molecule has 0 saturated carbocycles. The minimum Gasteiger partial charge on any atom is -0.342 e. The molecule has 1 fully saturated rings. The molecule has 1 aliphatic rings. The van der Waals surface area contributed by atoms with Gasteiger partial charge >= 0.3 is 5.69 Å². The molecular weight excluding hydrogens is 404 g/mol. The Morgan fingerprint density at radius 3 is 2.56 bits per heavy atom. The summed E-state index contributed by atoms with van der Waals surface area (Å²) in [6.45, 7) is 4.53. The van der Waals surface area contributed by atoms with Crippen molar-refractivity contribution in [2.24, 2.45) is 0 Å². The molecule has 1 saturated heterocycles. The van der Waals surface area contributed by atoms with Gasteiger partial charge in [-0.25, -0.2) is 4.79 Å². The molecule has 4 heterocycles. The first-order valence-electron chi connectivity index (χ1n) is 11.4. The van der Waals surface area contributed by atoms with Crippen LogP contribution in [0.5, 0.6) is 0 Å². The van der Waals surface area contributed by atoms with E-state index in [-0.39, 0.29) is 17.5 Å². The van der Waals surface area contributed by atoms with Crippen molar-refractivity contribution in [2.75, 3.05) is 13.1 Å². The molecule has 32 heavy (non-hydrogen) atoms. The molecule has 0 unspecified atom stereocenters. The lowest BCUT2D eigenvalue weighted by atomic mass is 9.97. The van der Waals surface area contributed by atoms with Gasteiger partial charge in [0, 0.05) is 44.7 Å². The van der Waals surface area contributed by atoms with E-state index in [4.69, 9.17) is 0 Å². The zero-order valence-electron chi connectivity index (χ0n) is 18.4. The van der Waals surface area contributed by atoms with Crippen LogP contribution in [-0.2, 0) is 17.9 Å². The Labute approximate surface area is 186 Å². The maximum absolute atomic E-state index is 13.1. The fraction of sp³-hybridized carbons (Fsp3) is 0.417. The van der Waals surface area contributed by atoms with E-state index in [0.29, 0.717) is 26.1 Å². The molecule has 166 valence electrons. The maximum Gasteiger partial charge on any atom is 0.329 e. The minimum atomic E-state index is -0.0349. The van der Waals surface area contributed by atoms with Gasteiger partial charge in [0.2, 0.25) is 5.91 Å². The minimum absolute atomic E-state index is 0.0349. The number of aryl methyl sites for hydroxylation is 2. The Morgan fingerprint density at radius 1 is 1.03 bits per heavy atom. The summed E-state index contributed by atoms with van der Waals surface area (Å²) >= 11 is 0. The number of piperidine rings is 1. The monoisotopic (exact) mass is 432 g/mol. The van der Waals surface area contributed by atoms with Crippen LogP contribution in [0.4, 0.5) is 0 Å². The van der Waals surface area contributed by atoms with E-state index < -0.39 is 0 Å². The second-order valence-electron chi connectivity index (χ2n) is 8.49. The van der Waals surface area contributed by atoms with Crippen molar-refractivity contribution in [2.45, 2.75) is 51.6 Å². The van der Waals surface area contributed by atoms with E-state index in [1.54, 1.807) is 4.57 Å². The van der Waals surface area contributed by atoms with E-state index >= 15 is 0 Å². The van der Waals surface area contributed by atoms with Gasteiger partial charge in [0.15, 0.2) is 5.65 Å². The molecule has 0 bridgehead atoms. The Kier molecular flexibility index (Phi) is 5.51. The number of carbonyl (C=O) groups excluding carboxylic acids is 1. The van der Waals surface area contributed by atoms with Crippen molar-refractivity contribution in [3.05, 3.63) is 65.0 Å². The number of hydrogen-bond donors (Lipinski definition) is 0. The second-order valence-corrected chi connectivity index (χ2v) is 8.49. The molecule has 0 spiro atoms. The molecule has 3 aromatic heterocycles. The van der Waals surface area contributed by atoms with Gasteiger partial charge in [0.25, 0.3) is 0 Å². The normalized spacial score (nSPS) is 16.8. The molecule has 8 heteroatoms. The molecular formula is C24H28N6O2. The number of nitrogens with zero attached hydrogens (tertiary/aromatic N) is 6.